The Morgan fingerprint density at radius 1 is 0.750 bits per heavy atom. The van der Waals surface area contributed by atoms with Crippen LogP contribution >= 0.6 is 0 Å². The molecule has 4 saturated carbocycles. The van der Waals surface area contributed by atoms with Crippen LogP contribution in [-0.4, -0.2) is 52.4 Å². The highest BCUT2D eigenvalue weighted by molar-refractivity contribution is 5.91. The number of phenolic OH excluding ortho intramolecular Hbond substituents is 1. The predicted octanol–water partition coefficient (Wildman–Crippen LogP) is 9.89. The van der Waals surface area contributed by atoms with Crippen LogP contribution in [0.1, 0.15) is 163 Å². The van der Waals surface area contributed by atoms with Crippen LogP contribution in [0.2, 0.25) is 0 Å². The lowest BCUT2D eigenvalue weighted by molar-refractivity contribution is -0.231. The van der Waals surface area contributed by atoms with Gasteiger partial charge in [-0.25, -0.2) is 0 Å². The van der Waals surface area contributed by atoms with Crippen molar-refractivity contribution >= 4 is 17.9 Å². The Kier molecular flexibility index (Phi) is 12.7. The summed E-state index contributed by atoms with van der Waals surface area (Å²) in [4.78, 5) is 26.6. The summed E-state index contributed by atoms with van der Waals surface area (Å²) < 4.78 is 0. The van der Waals surface area contributed by atoms with Gasteiger partial charge in [0.2, 0.25) is 11.8 Å². The predicted molar refractivity (Wildman–Crippen MR) is 227 cm³/mol. The molecule has 7 heteroatoms. The molecule has 0 bridgehead atoms. The molecule has 2 amide bonds. The number of nitrogens with one attached hydrogen (secondary N) is 2. The molecule has 0 radical (unpaired) electrons. The number of amides is 2. The van der Waals surface area contributed by atoms with E-state index >= 15 is 0 Å². The van der Waals surface area contributed by atoms with Crippen LogP contribution < -0.4 is 10.6 Å². The standard InChI is InChI=1S/C49H76N2O5/c1-44(2)26-28-49(43(56)51-31-15-13-11-9-8-10-12-14-30-50-41(54)23-18-34-16-19-35(52)20-17-34)29-27-47(6)36(37(49)32-44)21-22-40-46(5)33-38(53)42(55)45(3,4)39(46)24-25-48(40,47)7/h16-21,23,37-40,42,52-53,55H,8-15,22,24-33H2,1-7H3,(H,50,54)(H,51,56)/b23-18+/t37-,38+,39-,40+,42-,46-,47+,48+,49-/m0/s1. The number of hydrogen-bond acceptors (Lipinski definition) is 5. The van der Waals surface area contributed by atoms with E-state index in [-0.39, 0.29) is 50.1 Å². The lowest BCUT2D eigenvalue weighted by atomic mass is 9.33. The molecule has 1 aromatic rings. The summed E-state index contributed by atoms with van der Waals surface area (Å²) in [5.74, 6) is 1.53. The number of carbonyl (C=O) groups excluding carboxylic acids is 2. The molecule has 5 aliphatic carbocycles. The van der Waals surface area contributed by atoms with E-state index in [1.54, 1.807) is 42.0 Å². The van der Waals surface area contributed by atoms with Crippen LogP contribution in [0, 0.1) is 50.2 Å². The Morgan fingerprint density at radius 3 is 2.02 bits per heavy atom. The summed E-state index contributed by atoms with van der Waals surface area (Å²) in [5.41, 5.74) is 2.12. The van der Waals surface area contributed by atoms with Crippen LogP contribution in [0.15, 0.2) is 42.0 Å². The van der Waals surface area contributed by atoms with Gasteiger partial charge in [-0.1, -0.05) is 111 Å². The van der Waals surface area contributed by atoms with Gasteiger partial charge in [-0.3, -0.25) is 9.59 Å². The molecule has 0 aliphatic heterocycles. The molecule has 4 fully saturated rings. The van der Waals surface area contributed by atoms with Crippen molar-refractivity contribution in [3.8, 4) is 5.75 Å². The molecule has 0 heterocycles. The number of aliphatic hydroxyl groups excluding tert-OH is 2. The molecule has 0 aromatic heterocycles. The molecule has 9 atom stereocenters. The molecule has 0 unspecified atom stereocenters. The minimum absolute atomic E-state index is 0.0254. The molecular formula is C49H76N2O5. The Bertz CT molecular complexity index is 1610. The summed E-state index contributed by atoms with van der Waals surface area (Å²) >= 11 is 0. The minimum Gasteiger partial charge on any atom is -0.508 e. The first kappa shape index (κ1) is 43.0. The first-order valence-corrected chi connectivity index (χ1v) is 22.5. The topological polar surface area (TPSA) is 119 Å². The third-order valence-corrected chi connectivity index (χ3v) is 17.0. The van der Waals surface area contributed by atoms with Crippen molar-refractivity contribution in [1.82, 2.24) is 10.6 Å². The molecule has 0 saturated heterocycles. The smallest absolute Gasteiger partial charge is 0.243 e. The van der Waals surface area contributed by atoms with E-state index in [9.17, 15) is 24.9 Å². The first-order valence-electron chi connectivity index (χ1n) is 22.5. The normalized spacial score (nSPS) is 37.0. The number of phenols is 1. The van der Waals surface area contributed by atoms with Crippen molar-refractivity contribution in [2.24, 2.45) is 50.2 Å². The van der Waals surface area contributed by atoms with E-state index in [1.807, 2.05) is 0 Å². The van der Waals surface area contributed by atoms with Crippen molar-refractivity contribution < 1.29 is 24.9 Å². The second kappa shape index (κ2) is 16.5. The number of rotatable bonds is 14. The van der Waals surface area contributed by atoms with Crippen LogP contribution in [0.25, 0.3) is 6.08 Å². The molecule has 56 heavy (non-hydrogen) atoms. The maximum absolute atomic E-state index is 14.5. The molecule has 6 rings (SSSR count). The van der Waals surface area contributed by atoms with Crippen LogP contribution in [-0.2, 0) is 9.59 Å². The van der Waals surface area contributed by atoms with E-state index in [1.165, 1.54) is 25.7 Å². The average Bonchev–Trinajstić information content (AvgIpc) is 3.14. The molecule has 5 aliphatic rings. The fourth-order valence-corrected chi connectivity index (χ4v) is 13.5. The van der Waals surface area contributed by atoms with E-state index in [4.69, 9.17) is 0 Å². The van der Waals surface area contributed by atoms with Gasteiger partial charge in [0.15, 0.2) is 0 Å². The molecule has 312 valence electrons. The van der Waals surface area contributed by atoms with Crippen LogP contribution in [0.4, 0.5) is 0 Å². The Hall–Kier alpha value is -2.64. The molecular weight excluding hydrogens is 697 g/mol. The number of aromatic hydroxyl groups is 1. The van der Waals surface area contributed by atoms with Gasteiger partial charge < -0.3 is 26.0 Å². The highest BCUT2D eigenvalue weighted by Crippen LogP contribution is 2.75. The number of carbonyl (C=O) groups is 2. The number of allylic oxidation sites excluding steroid dienone is 2. The summed E-state index contributed by atoms with van der Waals surface area (Å²) in [7, 11) is 0. The summed E-state index contributed by atoms with van der Waals surface area (Å²) in [5, 5.41) is 38.2. The second-order valence-electron chi connectivity index (χ2n) is 21.2. The van der Waals surface area contributed by atoms with Crippen LogP contribution in [0.5, 0.6) is 5.75 Å². The van der Waals surface area contributed by atoms with Crippen molar-refractivity contribution in [1.29, 1.82) is 0 Å². The average molecular weight is 773 g/mol. The monoisotopic (exact) mass is 773 g/mol. The van der Waals surface area contributed by atoms with Gasteiger partial charge in [0.25, 0.3) is 0 Å². The highest BCUT2D eigenvalue weighted by atomic mass is 16.3. The zero-order valence-electron chi connectivity index (χ0n) is 36.0. The van der Waals surface area contributed by atoms with Crippen molar-refractivity contribution in [2.75, 3.05) is 13.1 Å². The number of fused-ring (bicyclic) bond motifs is 7. The van der Waals surface area contributed by atoms with Crippen LogP contribution in [0.3, 0.4) is 0 Å². The highest BCUT2D eigenvalue weighted by Gasteiger charge is 2.70. The third-order valence-electron chi connectivity index (χ3n) is 17.0. The maximum Gasteiger partial charge on any atom is 0.243 e. The van der Waals surface area contributed by atoms with E-state index in [2.05, 4.69) is 65.2 Å². The molecule has 5 N–H and O–H groups in total. The maximum atomic E-state index is 14.5. The van der Waals surface area contributed by atoms with Crippen molar-refractivity contribution in [3.05, 3.63) is 47.6 Å². The molecule has 0 spiro atoms. The van der Waals surface area contributed by atoms with Gasteiger partial charge in [0.1, 0.15) is 5.75 Å². The zero-order valence-corrected chi connectivity index (χ0v) is 36.0. The molecule has 7 nitrogen and oxygen atoms in total. The molecule has 1 aromatic carbocycles. The third kappa shape index (κ3) is 8.03. The number of unbranched alkanes of at least 4 members (excludes halogenated alkanes) is 7. The Morgan fingerprint density at radius 2 is 1.36 bits per heavy atom. The number of aliphatic hydroxyl groups is 2. The van der Waals surface area contributed by atoms with Gasteiger partial charge in [-0.2, -0.15) is 0 Å². The van der Waals surface area contributed by atoms with Gasteiger partial charge in [0.05, 0.1) is 17.6 Å². The number of hydrogen-bond donors (Lipinski definition) is 5. The number of benzene rings is 1. The van der Waals surface area contributed by atoms with Gasteiger partial charge in [0, 0.05) is 19.2 Å². The Balaban J connectivity index is 0.970. The lowest BCUT2D eigenvalue weighted by Gasteiger charge is -2.71. The quantitative estimate of drug-likeness (QED) is 0.0733. The fraction of sp³-hybridized carbons (Fsp3) is 0.755. The van der Waals surface area contributed by atoms with Crippen molar-refractivity contribution in [3.63, 3.8) is 0 Å². The van der Waals surface area contributed by atoms with E-state index < -0.39 is 12.2 Å². The largest absolute Gasteiger partial charge is 0.508 e. The summed E-state index contributed by atoms with van der Waals surface area (Å²) in [6.07, 6.45) is 22.7. The zero-order chi connectivity index (χ0) is 40.6. The Labute approximate surface area is 339 Å². The minimum atomic E-state index is -0.681. The summed E-state index contributed by atoms with van der Waals surface area (Å²) in [6, 6.07) is 6.78. The van der Waals surface area contributed by atoms with Gasteiger partial charge in [-0.05, 0) is 139 Å². The lowest BCUT2D eigenvalue weighted by Crippen LogP contribution is -2.67. The SMILES string of the molecule is CC1(C)CC[C@]2(C(=O)NCCCCCCCCCCNC(=O)/C=C/c3ccc(O)cc3)CC[C@]3(C)C(=CC[C@@H]4[C@@]5(C)C[C@@H](O)[C@H](O)C(C)(C)[C@@H]5CC[C@]43C)[C@@H]2C1. The van der Waals surface area contributed by atoms with Crippen molar-refractivity contribution in [2.45, 2.75) is 170 Å². The van der Waals surface area contributed by atoms with Gasteiger partial charge >= 0.3 is 0 Å². The first-order chi connectivity index (χ1) is 26.4. The fourth-order valence-electron chi connectivity index (χ4n) is 13.5. The van der Waals surface area contributed by atoms with E-state index in [0.29, 0.717) is 30.7 Å². The van der Waals surface area contributed by atoms with Gasteiger partial charge in [-0.15, -0.1) is 0 Å². The summed E-state index contributed by atoms with van der Waals surface area (Å²) in [6.45, 7) is 18.2. The second-order valence-corrected chi connectivity index (χ2v) is 21.2. The van der Waals surface area contributed by atoms with E-state index in [0.717, 1.165) is 89.2 Å².